The average molecular weight is 250 g/mol. The Bertz CT molecular complexity index is 277. The number of hydrogen-bond donors (Lipinski definition) is 1. The van der Waals surface area contributed by atoms with Crippen molar-refractivity contribution in [2.24, 2.45) is 5.73 Å². The summed E-state index contributed by atoms with van der Waals surface area (Å²) in [7, 11) is 2.09. The summed E-state index contributed by atoms with van der Waals surface area (Å²) in [5.74, 6) is 0. The van der Waals surface area contributed by atoms with E-state index < -0.39 is 0 Å². The van der Waals surface area contributed by atoms with E-state index in [9.17, 15) is 0 Å². The first-order valence-corrected chi connectivity index (χ1v) is 5.89. The van der Waals surface area contributed by atoms with E-state index in [-0.39, 0.29) is 12.4 Å². The largest absolute Gasteiger partial charge is 0.329 e. The molecule has 15 heavy (non-hydrogen) atoms. The molecule has 0 radical (unpaired) electrons. The van der Waals surface area contributed by atoms with E-state index in [1.54, 1.807) is 11.3 Å². The number of nitrogens with zero attached hydrogens (tertiary/aromatic N) is 2. The third-order valence-electron chi connectivity index (χ3n) is 2.41. The lowest BCUT2D eigenvalue weighted by Gasteiger charge is -2.21. The molecule has 0 saturated heterocycles. The summed E-state index contributed by atoms with van der Waals surface area (Å²) in [6.45, 7) is 5.86. The zero-order valence-electron chi connectivity index (χ0n) is 9.56. The summed E-state index contributed by atoms with van der Waals surface area (Å²) in [4.78, 5) is 6.75. The van der Waals surface area contributed by atoms with Crippen molar-refractivity contribution in [3.05, 3.63) is 16.1 Å². The van der Waals surface area contributed by atoms with Gasteiger partial charge in [-0.05, 0) is 20.4 Å². The minimum atomic E-state index is 0. The summed E-state index contributed by atoms with van der Waals surface area (Å²) >= 11 is 1.74. The molecule has 0 amide bonds. The van der Waals surface area contributed by atoms with Crippen molar-refractivity contribution in [1.82, 2.24) is 9.88 Å². The Morgan fingerprint density at radius 3 is 2.73 bits per heavy atom. The molecular weight excluding hydrogens is 230 g/mol. The lowest BCUT2D eigenvalue weighted by molar-refractivity contribution is 0.252. The van der Waals surface area contributed by atoms with Gasteiger partial charge in [-0.25, -0.2) is 4.98 Å². The van der Waals surface area contributed by atoms with Crippen LogP contribution in [-0.2, 0) is 13.0 Å². The average Bonchev–Trinajstić information content (AvgIpc) is 2.64. The lowest BCUT2D eigenvalue weighted by atomic mass is 10.3. The van der Waals surface area contributed by atoms with Gasteiger partial charge in [-0.1, -0.05) is 6.92 Å². The smallest absolute Gasteiger partial charge is 0.0926 e. The first kappa shape index (κ1) is 14.8. The summed E-state index contributed by atoms with van der Waals surface area (Å²) in [6, 6.07) is 0.418. The fraction of sp³-hybridized carbons (Fsp3) is 0.700. The van der Waals surface area contributed by atoms with Gasteiger partial charge in [0.05, 0.1) is 10.7 Å². The van der Waals surface area contributed by atoms with Gasteiger partial charge in [-0.15, -0.1) is 23.7 Å². The van der Waals surface area contributed by atoms with Gasteiger partial charge >= 0.3 is 0 Å². The van der Waals surface area contributed by atoms with E-state index in [0.717, 1.165) is 18.7 Å². The zero-order chi connectivity index (χ0) is 10.6. The minimum absolute atomic E-state index is 0. The Balaban J connectivity index is 0.00000196. The zero-order valence-corrected chi connectivity index (χ0v) is 11.2. The molecule has 0 bridgehead atoms. The Morgan fingerprint density at radius 1 is 1.60 bits per heavy atom. The SMILES string of the molecule is CCc1nc(CN(C)C(C)CN)cs1.Cl. The normalized spacial score (nSPS) is 12.6. The molecule has 1 aromatic rings. The van der Waals surface area contributed by atoms with Crippen LogP contribution in [0.15, 0.2) is 5.38 Å². The fourth-order valence-corrected chi connectivity index (χ4v) is 1.91. The molecule has 0 aromatic carbocycles. The van der Waals surface area contributed by atoms with Crippen molar-refractivity contribution in [2.45, 2.75) is 32.9 Å². The third kappa shape index (κ3) is 4.47. The minimum Gasteiger partial charge on any atom is -0.329 e. The van der Waals surface area contributed by atoms with Gasteiger partial charge in [-0.2, -0.15) is 0 Å². The van der Waals surface area contributed by atoms with Crippen LogP contribution in [0.25, 0.3) is 0 Å². The quantitative estimate of drug-likeness (QED) is 0.867. The van der Waals surface area contributed by atoms with Gasteiger partial charge in [0.25, 0.3) is 0 Å². The van der Waals surface area contributed by atoms with Crippen molar-refractivity contribution >= 4 is 23.7 Å². The number of rotatable bonds is 5. The van der Waals surface area contributed by atoms with Gasteiger partial charge in [0.2, 0.25) is 0 Å². The second-order valence-corrected chi connectivity index (χ2v) is 4.53. The number of aryl methyl sites for hydroxylation is 1. The Hall–Kier alpha value is -0.160. The number of nitrogens with two attached hydrogens (primary N) is 1. The first-order valence-electron chi connectivity index (χ1n) is 5.01. The molecule has 0 saturated carbocycles. The summed E-state index contributed by atoms with van der Waals surface area (Å²) < 4.78 is 0. The summed E-state index contributed by atoms with van der Waals surface area (Å²) in [5.41, 5.74) is 6.76. The molecule has 0 aliphatic rings. The van der Waals surface area contributed by atoms with Gasteiger partial charge < -0.3 is 5.73 Å². The van der Waals surface area contributed by atoms with E-state index in [2.05, 4.69) is 36.2 Å². The number of thiazole rings is 1. The molecule has 0 fully saturated rings. The highest BCUT2D eigenvalue weighted by Gasteiger charge is 2.09. The van der Waals surface area contributed by atoms with Crippen LogP contribution < -0.4 is 5.73 Å². The van der Waals surface area contributed by atoms with Crippen LogP contribution >= 0.6 is 23.7 Å². The molecular formula is C10H20ClN3S. The van der Waals surface area contributed by atoms with Crippen LogP contribution in [0.5, 0.6) is 0 Å². The molecule has 0 aliphatic heterocycles. The molecule has 88 valence electrons. The maximum atomic E-state index is 5.60. The lowest BCUT2D eigenvalue weighted by Crippen LogP contribution is -2.34. The van der Waals surface area contributed by atoms with Crippen LogP contribution in [0.3, 0.4) is 0 Å². The van der Waals surface area contributed by atoms with E-state index in [1.807, 2.05) is 0 Å². The van der Waals surface area contributed by atoms with Crippen LogP contribution in [0, 0.1) is 0 Å². The molecule has 0 spiro atoms. The maximum Gasteiger partial charge on any atom is 0.0926 e. The van der Waals surface area contributed by atoms with Gasteiger partial charge in [-0.3, -0.25) is 4.90 Å². The van der Waals surface area contributed by atoms with Crippen molar-refractivity contribution in [3.63, 3.8) is 0 Å². The van der Waals surface area contributed by atoms with Gasteiger partial charge in [0, 0.05) is 24.5 Å². The predicted molar refractivity (Wildman–Crippen MR) is 68.7 cm³/mol. The first-order chi connectivity index (χ1) is 6.67. The fourth-order valence-electron chi connectivity index (χ4n) is 1.18. The van der Waals surface area contributed by atoms with Crippen LogP contribution in [0.4, 0.5) is 0 Å². The Labute approximate surface area is 102 Å². The standard InChI is InChI=1S/C10H19N3S.ClH/c1-4-10-12-9(7-14-10)6-13(3)8(2)5-11;/h7-8H,4-6,11H2,1-3H3;1H. The van der Waals surface area contributed by atoms with E-state index in [0.29, 0.717) is 12.6 Å². The van der Waals surface area contributed by atoms with E-state index >= 15 is 0 Å². The van der Waals surface area contributed by atoms with Gasteiger partial charge in [0.15, 0.2) is 0 Å². The second kappa shape index (κ2) is 7.17. The molecule has 1 unspecified atom stereocenters. The molecule has 0 aliphatic carbocycles. The van der Waals surface area contributed by atoms with Crippen LogP contribution in [0.2, 0.25) is 0 Å². The highest BCUT2D eigenvalue weighted by atomic mass is 35.5. The molecule has 2 N–H and O–H groups in total. The summed E-state index contributed by atoms with van der Waals surface area (Å²) in [6.07, 6.45) is 1.03. The molecule has 1 rings (SSSR count). The van der Waals surface area contributed by atoms with Crippen molar-refractivity contribution < 1.29 is 0 Å². The second-order valence-electron chi connectivity index (χ2n) is 3.59. The Kier molecular flexibility index (Phi) is 7.09. The van der Waals surface area contributed by atoms with Crippen molar-refractivity contribution in [2.75, 3.05) is 13.6 Å². The van der Waals surface area contributed by atoms with Crippen LogP contribution in [0.1, 0.15) is 24.5 Å². The molecule has 3 nitrogen and oxygen atoms in total. The Morgan fingerprint density at radius 2 is 2.27 bits per heavy atom. The van der Waals surface area contributed by atoms with Crippen molar-refractivity contribution in [1.29, 1.82) is 0 Å². The topological polar surface area (TPSA) is 42.2 Å². The summed E-state index contributed by atoms with van der Waals surface area (Å²) in [5, 5.41) is 3.35. The number of hydrogen-bond acceptors (Lipinski definition) is 4. The molecule has 1 atom stereocenters. The molecule has 1 aromatic heterocycles. The van der Waals surface area contributed by atoms with E-state index in [4.69, 9.17) is 5.73 Å². The number of halogens is 1. The molecule has 1 heterocycles. The number of likely N-dealkylation sites (N-methyl/N-ethyl adjacent to an activating group) is 1. The number of aromatic nitrogens is 1. The predicted octanol–water partition coefficient (Wildman–Crippen LogP) is 1.91. The molecule has 5 heteroatoms. The van der Waals surface area contributed by atoms with Crippen molar-refractivity contribution in [3.8, 4) is 0 Å². The highest BCUT2D eigenvalue weighted by molar-refractivity contribution is 7.09. The highest BCUT2D eigenvalue weighted by Crippen LogP contribution is 2.12. The van der Waals surface area contributed by atoms with Gasteiger partial charge in [0.1, 0.15) is 0 Å². The van der Waals surface area contributed by atoms with E-state index in [1.165, 1.54) is 5.01 Å². The monoisotopic (exact) mass is 249 g/mol. The van der Waals surface area contributed by atoms with Crippen LogP contribution in [-0.4, -0.2) is 29.5 Å². The maximum absolute atomic E-state index is 5.60. The third-order valence-corrected chi connectivity index (χ3v) is 3.45.